The van der Waals surface area contributed by atoms with E-state index < -0.39 is 41.8 Å². The number of carbonyl (C=O) groups excluding carboxylic acids is 5. The minimum Gasteiger partial charge on any atom is -0.383 e. The van der Waals surface area contributed by atoms with E-state index in [9.17, 15) is 24.0 Å². The van der Waals surface area contributed by atoms with Crippen LogP contribution in [0.2, 0.25) is 0 Å². The number of hydrogen-bond acceptors (Lipinski definition) is 11. The summed E-state index contributed by atoms with van der Waals surface area (Å²) in [5.41, 5.74) is 23.0. The van der Waals surface area contributed by atoms with Crippen LogP contribution in [0.4, 0.5) is 5.82 Å². The van der Waals surface area contributed by atoms with Crippen LogP contribution in [-0.2, 0) is 25.6 Å². The zero-order valence-corrected chi connectivity index (χ0v) is 23.6. The van der Waals surface area contributed by atoms with Gasteiger partial charge in [0.05, 0.1) is 18.4 Å². The highest BCUT2D eigenvalue weighted by Gasteiger charge is 2.28. The van der Waals surface area contributed by atoms with Crippen molar-refractivity contribution in [3.63, 3.8) is 0 Å². The summed E-state index contributed by atoms with van der Waals surface area (Å²) in [6, 6.07) is -3.41. The molecule has 224 valence electrons. The summed E-state index contributed by atoms with van der Waals surface area (Å²) in [6.45, 7) is 6.43. The number of anilines is 1. The van der Waals surface area contributed by atoms with E-state index in [1.807, 2.05) is 0 Å². The molecule has 2 aromatic rings. The topological polar surface area (TPSA) is 280 Å². The molecule has 5 atom stereocenters. The highest BCUT2D eigenvalue weighted by atomic mass is 16.2. The number of nitrogens with two attached hydrogens (primary N) is 4. The Kier molecular flexibility index (Phi) is 11.8. The molecule has 0 fully saturated rings. The second kappa shape index (κ2) is 14.8. The van der Waals surface area contributed by atoms with E-state index in [2.05, 4.69) is 35.9 Å². The van der Waals surface area contributed by atoms with E-state index in [1.54, 1.807) is 13.8 Å². The molecule has 0 spiro atoms. The number of ketones is 1. The number of primary amides is 2. The van der Waals surface area contributed by atoms with E-state index in [1.165, 1.54) is 26.4 Å². The number of nitrogen functional groups attached to an aromatic ring is 1. The van der Waals surface area contributed by atoms with E-state index in [0.717, 1.165) is 0 Å². The Hall–Kier alpha value is -4.44. The third-order valence-corrected chi connectivity index (χ3v) is 6.47. The molecular formula is C25H39N11O5. The molecule has 2 heterocycles. The second-order valence-electron chi connectivity index (χ2n) is 10.0. The van der Waals surface area contributed by atoms with Gasteiger partial charge in [0.15, 0.2) is 0 Å². The van der Waals surface area contributed by atoms with Crippen LogP contribution in [0.3, 0.4) is 0 Å². The van der Waals surface area contributed by atoms with E-state index in [0.29, 0.717) is 12.1 Å². The van der Waals surface area contributed by atoms with Gasteiger partial charge in [0.2, 0.25) is 17.7 Å². The fourth-order valence-corrected chi connectivity index (χ4v) is 3.91. The van der Waals surface area contributed by atoms with Gasteiger partial charge in [-0.3, -0.25) is 24.0 Å². The highest BCUT2D eigenvalue weighted by Crippen LogP contribution is 2.19. The standard InChI is InChI=1S/C25H39N11O5/c1-11(14(4)37)5-12(2)33-24(40)18(6-15-8-30-10-32-15)34-25(41)20-13(3)21(28)36-23(35-20)17(7-19(27)38)31-9-16(26)22(29)39/h8,10-12,16-18,31H,5-7,9,26H2,1-4H3,(H2,27,38)(H2,29,39)(H,30,32)(H,33,40)(H,34,41)(H2,28,35,36)/t11-,12+,16-,17-,18-/m0/s1. The number of nitrogens with zero attached hydrogens (tertiary/aromatic N) is 3. The zero-order chi connectivity index (χ0) is 30.9. The van der Waals surface area contributed by atoms with Gasteiger partial charge in [-0.1, -0.05) is 6.92 Å². The normalized spacial score (nSPS) is 14.8. The molecule has 41 heavy (non-hydrogen) atoms. The smallest absolute Gasteiger partial charge is 0.271 e. The van der Waals surface area contributed by atoms with Gasteiger partial charge in [0.1, 0.15) is 29.2 Å². The van der Waals surface area contributed by atoms with Gasteiger partial charge in [-0.05, 0) is 27.2 Å². The van der Waals surface area contributed by atoms with Gasteiger partial charge < -0.3 is 43.9 Å². The Morgan fingerprint density at radius 1 is 1.07 bits per heavy atom. The number of imidazole rings is 1. The number of H-pyrrole nitrogens is 1. The first-order valence-corrected chi connectivity index (χ1v) is 13.0. The average molecular weight is 574 g/mol. The summed E-state index contributed by atoms with van der Waals surface area (Å²) in [5, 5.41) is 8.39. The molecule has 0 radical (unpaired) electrons. The number of rotatable bonds is 16. The van der Waals surface area contributed by atoms with Crippen molar-refractivity contribution < 1.29 is 24.0 Å². The van der Waals surface area contributed by atoms with Crippen LogP contribution in [0.1, 0.15) is 67.2 Å². The lowest BCUT2D eigenvalue weighted by Gasteiger charge is -2.23. The molecule has 0 aliphatic heterocycles. The average Bonchev–Trinajstić information content (AvgIpc) is 3.40. The molecule has 16 nitrogen and oxygen atoms in total. The molecule has 0 unspecified atom stereocenters. The van der Waals surface area contributed by atoms with E-state index in [4.69, 9.17) is 22.9 Å². The summed E-state index contributed by atoms with van der Waals surface area (Å²) >= 11 is 0. The first-order chi connectivity index (χ1) is 19.2. The van der Waals surface area contributed by atoms with Crippen LogP contribution in [0.25, 0.3) is 0 Å². The van der Waals surface area contributed by atoms with Crippen molar-refractivity contribution in [2.45, 2.75) is 71.1 Å². The molecule has 0 aliphatic carbocycles. The molecule has 4 amide bonds. The summed E-state index contributed by atoms with van der Waals surface area (Å²) in [5.74, 6) is -3.04. The molecule has 12 N–H and O–H groups in total. The van der Waals surface area contributed by atoms with Crippen molar-refractivity contribution in [1.82, 2.24) is 35.9 Å². The Balaban J connectivity index is 2.34. The maximum atomic E-state index is 13.5. The fraction of sp³-hybridized carbons (Fsp3) is 0.520. The summed E-state index contributed by atoms with van der Waals surface area (Å²) in [6.07, 6.45) is 3.17. The number of hydrogen-bond donors (Lipinski definition) is 8. The van der Waals surface area contributed by atoms with Crippen LogP contribution in [-0.4, -0.2) is 74.0 Å². The van der Waals surface area contributed by atoms with E-state index >= 15 is 0 Å². The van der Waals surface area contributed by atoms with Crippen LogP contribution in [0.15, 0.2) is 12.5 Å². The number of aromatic nitrogens is 4. The number of carbonyl (C=O) groups is 5. The van der Waals surface area contributed by atoms with Gasteiger partial charge in [-0.2, -0.15) is 0 Å². The molecule has 2 aromatic heterocycles. The molecule has 0 aromatic carbocycles. The van der Waals surface area contributed by atoms with Crippen molar-refractivity contribution in [1.29, 1.82) is 0 Å². The fourth-order valence-electron chi connectivity index (χ4n) is 3.91. The Morgan fingerprint density at radius 3 is 2.32 bits per heavy atom. The van der Waals surface area contributed by atoms with E-state index in [-0.39, 0.29) is 60.0 Å². The van der Waals surface area contributed by atoms with Crippen LogP contribution < -0.4 is 38.9 Å². The lowest BCUT2D eigenvalue weighted by atomic mass is 9.99. The van der Waals surface area contributed by atoms with Crippen LogP contribution >= 0.6 is 0 Å². The molecule has 0 aliphatic rings. The van der Waals surface area contributed by atoms with Crippen molar-refractivity contribution >= 4 is 35.2 Å². The minimum atomic E-state index is -1.07. The van der Waals surface area contributed by atoms with Gasteiger partial charge in [0, 0.05) is 48.8 Å². The summed E-state index contributed by atoms with van der Waals surface area (Å²) < 4.78 is 0. The van der Waals surface area contributed by atoms with Gasteiger partial charge >= 0.3 is 0 Å². The molecule has 0 saturated carbocycles. The minimum absolute atomic E-state index is 0.00165. The van der Waals surface area contributed by atoms with Crippen molar-refractivity contribution in [3.05, 3.63) is 35.3 Å². The third kappa shape index (κ3) is 9.91. The lowest BCUT2D eigenvalue weighted by molar-refractivity contribution is -0.125. The zero-order valence-electron chi connectivity index (χ0n) is 23.6. The predicted octanol–water partition coefficient (Wildman–Crippen LogP) is -2.13. The van der Waals surface area contributed by atoms with Gasteiger partial charge in [0.25, 0.3) is 5.91 Å². The van der Waals surface area contributed by atoms with Gasteiger partial charge in [-0.25, -0.2) is 15.0 Å². The van der Waals surface area contributed by atoms with Crippen molar-refractivity contribution in [3.8, 4) is 0 Å². The number of nitrogens with one attached hydrogen (secondary N) is 4. The maximum Gasteiger partial charge on any atom is 0.271 e. The van der Waals surface area contributed by atoms with Crippen molar-refractivity contribution in [2.24, 2.45) is 23.1 Å². The largest absolute Gasteiger partial charge is 0.383 e. The SMILES string of the molecule is CC(=O)[C@@H](C)C[C@@H](C)NC(=O)[C@H](Cc1cnc[nH]1)NC(=O)c1nc([C@H](CC(N)=O)NC[C@H](N)C(N)=O)nc(N)c1C. The van der Waals surface area contributed by atoms with Crippen LogP contribution in [0.5, 0.6) is 0 Å². The van der Waals surface area contributed by atoms with Crippen LogP contribution in [0, 0.1) is 12.8 Å². The number of Topliss-reactive ketones (excluding diaryl/α,β-unsaturated/α-hetero) is 1. The first kappa shape index (κ1) is 32.8. The molecule has 2 rings (SSSR count). The monoisotopic (exact) mass is 573 g/mol. The third-order valence-electron chi connectivity index (χ3n) is 6.47. The van der Waals surface area contributed by atoms with Gasteiger partial charge in [-0.15, -0.1) is 0 Å². The quantitative estimate of drug-likeness (QED) is 0.107. The number of aromatic amines is 1. The summed E-state index contributed by atoms with van der Waals surface area (Å²) in [7, 11) is 0. The van der Waals surface area contributed by atoms with Crippen molar-refractivity contribution in [2.75, 3.05) is 12.3 Å². The predicted molar refractivity (Wildman–Crippen MR) is 149 cm³/mol. The Bertz CT molecular complexity index is 1250. The molecule has 0 saturated heterocycles. The highest BCUT2D eigenvalue weighted by molar-refractivity contribution is 5.98. The first-order valence-electron chi connectivity index (χ1n) is 13.0. The Morgan fingerprint density at radius 2 is 1.76 bits per heavy atom. The maximum absolute atomic E-state index is 13.5. The Labute approximate surface area is 237 Å². The molecule has 0 bridgehead atoms. The molecular weight excluding hydrogens is 534 g/mol. The second-order valence-corrected chi connectivity index (χ2v) is 10.0. The number of amides is 4. The lowest BCUT2D eigenvalue weighted by Crippen LogP contribution is -2.51. The summed E-state index contributed by atoms with van der Waals surface area (Å²) in [4.78, 5) is 76.8. The molecule has 16 heteroatoms.